The molecular formula is C11H21N3O. The Hall–Kier alpha value is -0.770. The van der Waals surface area contributed by atoms with Gasteiger partial charge < -0.3 is 15.8 Å². The number of unbranched alkanes of at least 4 members (excludes halogenated alkanes) is 2. The summed E-state index contributed by atoms with van der Waals surface area (Å²) in [5.74, 6) is 0.556. The third-order valence-corrected chi connectivity index (χ3v) is 3.21. The Morgan fingerprint density at radius 2 is 2.33 bits per heavy atom. The van der Waals surface area contributed by atoms with E-state index in [2.05, 4.69) is 17.2 Å². The molecule has 0 amide bonds. The highest BCUT2D eigenvalue weighted by atomic mass is 16.5. The van der Waals surface area contributed by atoms with Crippen molar-refractivity contribution >= 4 is 5.96 Å². The lowest BCUT2D eigenvalue weighted by Crippen LogP contribution is -2.47. The van der Waals surface area contributed by atoms with Crippen molar-refractivity contribution in [1.82, 2.24) is 5.32 Å². The van der Waals surface area contributed by atoms with Gasteiger partial charge in [0.25, 0.3) is 0 Å². The van der Waals surface area contributed by atoms with Crippen molar-refractivity contribution in [2.45, 2.75) is 63.8 Å². The highest BCUT2D eigenvalue weighted by Crippen LogP contribution is 2.26. The van der Waals surface area contributed by atoms with Gasteiger partial charge in [-0.2, -0.15) is 0 Å². The van der Waals surface area contributed by atoms with Crippen molar-refractivity contribution in [3.05, 3.63) is 0 Å². The fourth-order valence-electron chi connectivity index (χ4n) is 2.38. The molecule has 2 bridgehead atoms. The molecule has 4 nitrogen and oxygen atoms in total. The summed E-state index contributed by atoms with van der Waals surface area (Å²) in [5.41, 5.74) is 5.73. The van der Waals surface area contributed by atoms with Crippen LogP contribution in [0.25, 0.3) is 0 Å². The molecule has 3 N–H and O–H groups in total. The van der Waals surface area contributed by atoms with E-state index in [4.69, 9.17) is 10.5 Å². The summed E-state index contributed by atoms with van der Waals surface area (Å²) in [6, 6.07) is 0.379. The van der Waals surface area contributed by atoms with E-state index in [1.807, 2.05) is 0 Å². The van der Waals surface area contributed by atoms with Crippen LogP contribution in [0.1, 0.15) is 45.4 Å². The topological polar surface area (TPSA) is 59.6 Å². The first-order valence-corrected chi connectivity index (χ1v) is 6.05. The van der Waals surface area contributed by atoms with Crippen LogP contribution in [0, 0.1) is 0 Å². The standard InChI is InChI=1S/C11H21N3O/c1-2-3-4-5-9-8-6-7-10(15-9)14-11(12)13-8/h8-10H,2-7H2,1H3,(H3,12,13,14)/t8-,9-,10-/m1/s1. The molecule has 1 saturated heterocycles. The maximum atomic E-state index is 5.90. The molecular weight excluding hydrogens is 190 g/mol. The summed E-state index contributed by atoms with van der Waals surface area (Å²) in [5, 5.41) is 3.25. The third-order valence-electron chi connectivity index (χ3n) is 3.21. The number of ether oxygens (including phenoxy) is 1. The average molecular weight is 211 g/mol. The van der Waals surface area contributed by atoms with Gasteiger partial charge in [-0.25, -0.2) is 4.99 Å². The van der Waals surface area contributed by atoms with Crippen LogP contribution in [-0.2, 0) is 4.74 Å². The molecule has 0 unspecified atom stereocenters. The molecule has 0 aromatic rings. The molecule has 0 aromatic heterocycles. The molecule has 3 heterocycles. The molecule has 0 aliphatic carbocycles. The molecule has 3 aliphatic heterocycles. The highest BCUT2D eigenvalue weighted by Gasteiger charge is 2.33. The Morgan fingerprint density at radius 3 is 3.13 bits per heavy atom. The van der Waals surface area contributed by atoms with E-state index in [0.717, 1.165) is 19.3 Å². The number of hydrogen-bond acceptors (Lipinski definition) is 4. The summed E-state index contributed by atoms with van der Waals surface area (Å²) in [7, 11) is 0. The van der Waals surface area contributed by atoms with Crippen LogP contribution in [0.4, 0.5) is 0 Å². The summed E-state index contributed by atoms with van der Waals surface area (Å²) in [6.45, 7) is 2.22. The van der Waals surface area contributed by atoms with E-state index in [-0.39, 0.29) is 6.23 Å². The molecule has 4 heteroatoms. The van der Waals surface area contributed by atoms with Gasteiger partial charge in [0.15, 0.2) is 12.2 Å². The number of hydrogen-bond donors (Lipinski definition) is 2. The molecule has 86 valence electrons. The van der Waals surface area contributed by atoms with Crippen LogP contribution in [0.15, 0.2) is 4.99 Å². The Morgan fingerprint density at radius 1 is 1.47 bits per heavy atom. The van der Waals surface area contributed by atoms with Crippen LogP contribution in [0.2, 0.25) is 0 Å². The zero-order chi connectivity index (χ0) is 10.7. The summed E-state index contributed by atoms with van der Waals surface area (Å²) >= 11 is 0. The smallest absolute Gasteiger partial charge is 0.191 e. The number of guanidine groups is 1. The van der Waals surface area contributed by atoms with Gasteiger partial charge in [-0.15, -0.1) is 0 Å². The monoisotopic (exact) mass is 211 g/mol. The molecule has 3 aliphatic rings. The lowest BCUT2D eigenvalue weighted by Gasteiger charge is -2.32. The lowest BCUT2D eigenvalue weighted by atomic mass is 9.97. The van der Waals surface area contributed by atoms with Crippen molar-refractivity contribution in [2.24, 2.45) is 10.7 Å². The second kappa shape index (κ2) is 4.84. The fraction of sp³-hybridized carbons (Fsp3) is 0.909. The second-order valence-electron chi connectivity index (χ2n) is 4.47. The van der Waals surface area contributed by atoms with Gasteiger partial charge in [0.2, 0.25) is 0 Å². The molecule has 0 saturated carbocycles. The van der Waals surface area contributed by atoms with E-state index in [1.54, 1.807) is 0 Å². The SMILES string of the molecule is CCCCC[C@H]1O[C@@H]2CC[C@H]1NC(N)=N2. The number of nitrogens with zero attached hydrogens (tertiary/aromatic N) is 1. The molecule has 0 spiro atoms. The maximum Gasteiger partial charge on any atom is 0.191 e. The summed E-state index contributed by atoms with van der Waals surface area (Å²) in [4.78, 5) is 4.28. The molecule has 1 fully saturated rings. The molecule has 3 atom stereocenters. The average Bonchev–Trinajstić information content (AvgIpc) is 2.47. The van der Waals surface area contributed by atoms with Crippen molar-refractivity contribution in [2.75, 3.05) is 0 Å². The van der Waals surface area contributed by atoms with Gasteiger partial charge in [-0.3, -0.25) is 0 Å². The first-order valence-electron chi connectivity index (χ1n) is 6.05. The summed E-state index contributed by atoms with van der Waals surface area (Å²) < 4.78 is 5.90. The zero-order valence-electron chi connectivity index (χ0n) is 9.41. The van der Waals surface area contributed by atoms with Crippen LogP contribution in [0.5, 0.6) is 0 Å². The fourth-order valence-corrected chi connectivity index (χ4v) is 2.38. The van der Waals surface area contributed by atoms with E-state index >= 15 is 0 Å². The minimum Gasteiger partial charge on any atom is -0.370 e. The van der Waals surface area contributed by atoms with Crippen LogP contribution in [-0.4, -0.2) is 24.3 Å². The zero-order valence-corrected chi connectivity index (χ0v) is 9.41. The van der Waals surface area contributed by atoms with Gasteiger partial charge in [0, 0.05) is 0 Å². The van der Waals surface area contributed by atoms with Gasteiger partial charge in [0.05, 0.1) is 12.1 Å². The maximum absolute atomic E-state index is 5.90. The van der Waals surface area contributed by atoms with Gasteiger partial charge in [-0.1, -0.05) is 26.2 Å². The quantitative estimate of drug-likeness (QED) is 0.690. The first-order chi connectivity index (χ1) is 7.29. The van der Waals surface area contributed by atoms with Crippen molar-refractivity contribution in [3.63, 3.8) is 0 Å². The van der Waals surface area contributed by atoms with E-state index in [1.165, 1.54) is 19.3 Å². The Bertz CT molecular complexity index is 242. The summed E-state index contributed by atoms with van der Waals surface area (Å²) in [6.07, 6.45) is 7.36. The van der Waals surface area contributed by atoms with Crippen molar-refractivity contribution in [1.29, 1.82) is 0 Å². The van der Waals surface area contributed by atoms with Gasteiger partial charge in [0.1, 0.15) is 0 Å². The van der Waals surface area contributed by atoms with Crippen molar-refractivity contribution < 1.29 is 4.74 Å². The third kappa shape index (κ3) is 2.62. The van der Waals surface area contributed by atoms with Crippen molar-refractivity contribution in [3.8, 4) is 0 Å². The minimum absolute atomic E-state index is 0.00266. The predicted octanol–water partition coefficient (Wildman–Crippen LogP) is 1.36. The molecule has 15 heavy (non-hydrogen) atoms. The van der Waals surface area contributed by atoms with Gasteiger partial charge >= 0.3 is 0 Å². The number of nitrogens with one attached hydrogen (secondary N) is 1. The van der Waals surface area contributed by atoms with Crippen LogP contribution >= 0.6 is 0 Å². The number of aliphatic imine (C=N–C) groups is 1. The Labute approximate surface area is 91.3 Å². The first kappa shape index (κ1) is 10.7. The number of nitrogens with two attached hydrogens (primary N) is 1. The molecule has 0 radical (unpaired) electrons. The Kier molecular flexibility index (Phi) is 3.46. The lowest BCUT2D eigenvalue weighted by molar-refractivity contribution is -0.0584. The van der Waals surface area contributed by atoms with E-state index in [9.17, 15) is 0 Å². The van der Waals surface area contributed by atoms with Crippen LogP contribution in [0.3, 0.4) is 0 Å². The number of fused-ring (bicyclic) bond motifs is 3. The largest absolute Gasteiger partial charge is 0.370 e. The molecule has 3 rings (SSSR count). The second-order valence-corrected chi connectivity index (χ2v) is 4.47. The highest BCUT2D eigenvalue weighted by molar-refractivity contribution is 5.78. The van der Waals surface area contributed by atoms with E-state index < -0.39 is 0 Å². The normalized spacial score (nSPS) is 34.5. The van der Waals surface area contributed by atoms with Crippen LogP contribution < -0.4 is 11.1 Å². The minimum atomic E-state index is 0.00266. The number of rotatable bonds is 4. The Balaban J connectivity index is 1.88. The molecule has 0 aromatic carbocycles. The predicted molar refractivity (Wildman–Crippen MR) is 60.6 cm³/mol. The van der Waals surface area contributed by atoms with Gasteiger partial charge in [-0.05, 0) is 19.3 Å². The van der Waals surface area contributed by atoms with E-state index in [0.29, 0.717) is 18.1 Å².